The van der Waals surface area contributed by atoms with Crippen LogP contribution >= 0.6 is 24.0 Å². The van der Waals surface area contributed by atoms with Gasteiger partial charge in [0.25, 0.3) is 0 Å². The third kappa shape index (κ3) is 7.76. The minimum Gasteiger partial charge on any atom is -0.357 e. The van der Waals surface area contributed by atoms with E-state index in [0.29, 0.717) is 38.6 Å². The third-order valence-corrected chi connectivity index (χ3v) is 3.87. The summed E-state index contributed by atoms with van der Waals surface area (Å²) in [6.07, 6.45) is -1.75. The molecule has 0 saturated carbocycles. The van der Waals surface area contributed by atoms with Crippen molar-refractivity contribution in [2.45, 2.75) is 39.0 Å². The summed E-state index contributed by atoms with van der Waals surface area (Å²) < 4.78 is 37.4. The van der Waals surface area contributed by atoms with Crippen molar-refractivity contribution in [1.82, 2.24) is 20.5 Å². The molecule has 25 heavy (non-hydrogen) atoms. The second-order valence-electron chi connectivity index (χ2n) is 5.94. The van der Waals surface area contributed by atoms with Crippen LogP contribution in [0.4, 0.5) is 13.2 Å². The lowest BCUT2D eigenvalue weighted by Gasteiger charge is -2.19. The predicted octanol–water partition coefficient (Wildman–Crippen LogP) is 2.70. The van der Waals surface area contributed by atoms with Gasteiger partial charge in [-0.15, -0.1) is 24.0 Å². The molecule has 1 aromatic rings. The average Bonchev–Trinajstić information content (AvgIpc) is 2.91. The van der Waals surface area contributed by atoms with E-state index in [9.17, 15) is 13.2 Å². The van der Waals surface area contributed by atoms with Crippen molar-refractivity contribution < 1.29 is 13.2 Å². The van der Waals surface area contributed by atoms with Gasteiger partial charge in [-0.1, -0.05) is 6.07 Å². The summed E-state index contributed by atoms with van der Waals surface area (Å²) in [7, 11) is 0. The molecule has 0 radical (unpaired) electrons. The van der Waals surface area contributed by atoms with Crippen LogP contribution in [0.1, 0.15) is 24.6 Å². The Labute approximate surface area is 163 Å². The Kier molecular flexibility index (Phi) is 8.91. The molecule has 0 spiro atoms. The monoisotopic (exact) mass is 471 g/mol. The first-order valence-corrected chi connectivity index (χ1v) is 8.12. The van der Waals surface area contributed by atoms with E-state index < -0.39 is 12.7 Å². The molecule has 2 N–H and O–H groups in total. The molecule has 0 bridgehead atoms. The number of aliphatic imine (C=N–C) groups is 1. The molecule has 0 aliphatic carbocycles. The number of guanidine groups is 1. The minimum absolute atomic E-state index is 0. The van der Waals surface area contributed by atoms with Gasteiger partial charge in [-0.2, -0.15) is 13.2 Å². The van der Waals surface area contributed by atoms with Crippen LogP contribution in [0.2, 0.25) is 0 Å². The van der Waals surface area contributed by atoms with Gasteiger partial charge in [-0.25, -0.2) is 4.99 Å². The zero-order valence-corrected chi connectivity index (χ0v) is 16.8. The highest BCUT2D eigenvalue weighted by molar-refractivity contribution is 14.0. The number of pyridine rings is 1. The number of hydrogen-bond donors (Lipinski definition) is 2. The molecule has 1 atom stereocenters. The number of nitrogens with zero attached hydrogens (tertiary/aromatic N) is 3. The summed E-state index contributed by atoms with van der Waals surface area (Å²) >= 11 is 0. The lowest BCUT2D eigenvalue weighted by molar-refractivity contribution is -0.143. The fraction of sp³-hybridized carbons (Fsp3) is 0.625. The molecule has 1 aliphatic heterocycles. The first-order valence-electron chi connectivity index (χ1n) is 8.12. The van der Waals surface area contributed by atoms with Crippen LogP contribution in [0.25, 0.3) is 0 Å². The van der Waals surface area contributed by atoms with E-state index in [1.165, 1.54) is 4.90 Å². The lowest BCUT2D eigenvalue weighted by Crippen LogP contribution is -2.45. The molecule has 142 valence electrons. The van der Waals surface area contributed by atoms with Gasteiger partial charge in [0, 0.05) is 31.9 Å². The number of aryl methyl sites for hydroxylation is 1. The van der Waals surface area contributed by atoms with E-state index in [-0.39, 0.29) is 30.0 Å². The first-order chi connectivity index (χ1) is 11.4. The smallest absolute Gasteiger partial charge is 0.357 e. The van der Waals surface area contributed by atoms with Gasteiger partial charge in [0.1, 0.15) is 0 Å². The maximum Gasteiger partial charge on any atom is 0.401 e. The minimum atomic E-state index is -4.15. The molecule has 0 amide bonds. The van der Waals surface area contributed by atoms with E-state index in [1.54, 1.807) is 6.20 Å². The third-order valence-electron chi connectivity index (χ3n) is 3.87. The zero-order chi connectivity index (χ0) is 17.6. The lowest BCUT2D eigenvalue weighted by atomic mass is 10.2. The molecule has 0 aromatic carbocycles. The Morgan fingerprint density at radius 1 is 1.44 bits per heavy atom. The van der Waals surface area contributed by atoms with Crippen LogP contribution < -0.4 is 10.6 Å². The zero-order valence-electron chi connectivity index (χ0n) is 14.4. The van der Waals surface area contributed by atoms with Gasteiger partial charge in [0.05, 0.1) is 18.8 Å². The normalized spacial score (nSPS) is 18.8. The van der Waals surface area contributed by atoms with Gasteiger partial charge in [0.2, 0.25) is 0 Å². The quantitative estimate of drug-likeness (QED) is 0.394. The first kappa shape index (κ1) is 21.9. The molecule has 1 aliphatic rings. The Hall–Kier alpha value is -1.10. The second-order valence-corrected chi connectivity index (χ2v) is 5.94. The Balaban J connectivity index is 0.00000312. The summed E-state index contributed by atoms with van der Waals surface area (Å²) in [5.41, 5.74) is 1.95. The van der Waals surface area contributed by atoms with E-state index in [2.05, 4.69) is 20.6 Å². The van der Waals surface area contributed by atoms with Crippen molar-refractivity contribution in [2.24, 2.45) is 4.99 Å². The molecule has 1 saturated heterocycles. The van der Waals surface area contributed by atoms with Crippen molar-refractivity contribution in [2.75, 3.05) is 26.2 Å². The van der Waals surface area contributed by atoms with Gasteiger partial charge in [-0.05, 0) is 31.9 Å². The summed E-state index contributed by atoms with van der Waals surface area (Å²) in [5.74, 6) is 0.612. The largest absolute Gasteiger partial charge is 0.401 e. The molecule has 1 unspecified atom stereocenters. The van der Waals surface area contributed by atoms with E-state index in [0.717, 1.165) is 11.3 Å². The van der Waals surface area contributed by atoms with Crippen LogP contribution in [0, 0.1) is 6.92 Å². The Morgan fingerprint density at radius 2 is 2.20 bits per heavy atom. The SMILES string of the molecule is CCNC(=NCc1ncccc1C)NC1CCN(CC(F)(F)F)C1.I. The van der Waals surface area contributed by atoms with E-state index >= 15 is 0 Å². The summed E-state index contributed by atoms with van der Waals surface area (Å²) in [4.78, 5) is 10.2. The molecular formula is C16H25F3IN5. The van der Waals surface area contributed by atoms with Gasteiger partial charge >= 0.3 is 6.18 Å². The summed E-state index contributed by atoms with van der Waals surface area (Å²) in [6.45, 7) is 5.00. The second kappa shape index (κ2) is 10.1. The highest BCUT2D eigenvalue weighted by Gasteiger charge is 2.34. The van der Waals surface area contributed by atoms with Crippen molar-refractivity contribution in [3.63, 3.8) is 0 Å². The van der Waals surface area contributed by atoms with Crippen molar-refractivity contribution in [3.8, 4) is 0 Å². The van der Waals surface area contributed by atoms with Crippen LogP contribution in [0.15, 0.2) is 23.3 Å². The number of rotatable bonds is 5. The van der Waals surface area contributed by atoms with Crippen molar-refractivity contribution in [3.05, 3.63) is 29.6 Å². The highest BCUT2D eigenvalue weighted by atomic mass is 127. The van der Waals surface area contributed by atoms with Gasteiger partial charge in [-0.3, -0.25) is 9.88 Å². The molecule has 2 rings (SSSR count). The van der Waals surface area contributed by atoms with Gasteiger partial charge < -0.3 is 10.6 Å². The number of alkyl halides is 3. The van der Waals surface area contributed by atoms with Crippen LogP contribution in [0.3, 0.4) is 0 Å². The van der Waals surface area contributed by atoms with Crippen LogP contribution in [-0.2, 0) is 6.54 Å². The Morgan fingerprint density at radius 3 is 2.84 bits per heavy atom. The topological polar surface area (TPSA) is 52.6 Å². The van der Waals surface area contributed by atoms with E-state index in [1.807, 2.05) is 26.0 Å². The number of aromatic nitrogens is 1. The summed E-state index contributed by atoms with van der Waals surface area (Å²) in [6, 6.07) is 3.82. The number of nitrogens with one attached hydrogen (secondary N) is 2. The molecule has 1 aromatic heterocycles. The molecule has 9 heteroatoms. The van der Waals surface area contributed by atoms with Gasteiger partial charge in [0.15, 0.2) is 5.96 Å². The van der Waals surface area contributed by atoms with E-state index in [4.69, 9.17) is 0 Å². The van der Waals surface area contributed by atoms with Crippen molar-refractivity contribution in [1.29, 1.82) is 0 Å². The standard InChI is InChI=1S/C16H24F3N5.HI/c1-3-20-15(22-9-14-12(2)5-4-7-21-14)23-13-6-8-24(10-13)11-16(17,18)19;/h4-5,7,13H,3,6,8-11H2,1-2H3,(H2,20,22,23);1H. The predicted molar refractivity (Wildman–Crippen MR) is 103 cm³/mol. The molecule has 1 fully saturated rings. The highest BCUT2D eigenvalue weighted by Crippen LogP contribution is 2.19. The molecular weight excluding hydrogens is 446 g/mol. The summed E-state index contributed by atoms with van der Waals surface area (Å²) in [5, 5.41) is 6.36. The maximum atomic E-state index is 12.5. The molecule has 2 heterocycles. The number of likely N-dealkylation sites (tertiary alicyclic amines) is 1. The fourth-order valence-electron chi connectivity index (χ4n) is 2.70. The van der Waals surface area contributed by atoms with Crippen LogP contribution in [-0.4, -0.2) is 54.2 Å². The average molecular weight is 471 g/mol. The fourth-order valence-corrected chi connectivity index (χ4v) is 2.70. The number of halogens is 4. The Bertz CT molecular complexity index is 565. The number of hydrogen-bond acceptors (Lipinski definition) is 3. The van der Waals surface area contributed by atoms with Crippen molar-refractivity contribution >= 4 is 29.9 Å². The molecule has 5 nitrogen and oxygen atoms in total. The maximum absolute atomic E-state index is 12.5. The van der Waals surface area contributed by atoms with Crippen LogP contribution in [0.5, 0.6) is 0 Å².